The Labute approximate surface area is 102 Å². The van der Waals surface area contributed by atoms with Gasteiger partial charge in [0.25, 0.3) is 0 Å². The molecule has 3 N–H and O–H groups in total. The number of hydrogen-bond acceptors (Lipinski definition) is 5. The van der Waals surface area contributed by atoms with Crippen LogP contribution >= 0.6 is 0 Å². The first-order valence-electron chi connectivity index (χ1n) is 5.29. The van der Waals surface area contributed by atoms with Gasteiger partial charge >= 0.3 is 6.03 Å². The van der Waals surface area contributed by atoms with Gasteiger partial charge in [0.05, 0.1) is 6.33 Å². The number of aliphatic imine (C=N–C) groups is 1. The number of carbonyl (C=O) groups excluding carboxylic acids is 3. The summed E-state index contributed by atoms with van der Waals surface area (Å²) in [6, 6.07) is -0.799. The predicted molar refractivity (Wildman–Crippen MR) is 60.8 cm³/mol. The molecule has 8 heteroatoms. The van der Waals surface area contributed by atoms with Crippen LogP contribution in [0.4, 0.5) is 4.79 Å². The zero-order valence-electron chi connectivity index (χ0n) is 9.34. The second-order valence-corrected chi connectivity index (χ2v) is 3.67. The Balaban J connectivity index is 1.86. The molecule has 0 aromatic carbocycles. The molecular weight excluding hydrogens is 238 g/mol. The number of urea groups is 1. The number of rotatable bonds is 4. The molecule has 0 unspecified atom stereocenters. The molecular formula is C10H11N5O3. The highest BCUT2D eigenvalue weighted by atomic mass is 16.2. The molecule has 1 aliphatic rings. The minimum Gasteiger partial charge on any atom is -0.348 e. The number of nitrogens with one attached hydrogen (secondary N) is 3. The number of aromatic amines is 1. The van der Waals surface area contributed by atoms with E-state index in [1.54, 1.807) is 12.5 Å². The topological polar surface area (TPSA) is 116 Å². The molecule has 1 aromatic heterocycles. The summed E-state index contributed by atoms with van der Waals surface area (Å²) in [5.41, 5.74) is 0.917. The molecule has 1 aromatic rings. The number of barbiturate groups is 1. The molecule has 1 aliphatic heterocycles. The van der Waals surface area contributed by atoms with Crippen LogP contribution < -0.4 is 10.6 Å². The summed E-state index contributed by atoms with van der Waals surface area (Å²) in [5, 5.41) is 3.99. The third-order valence-corrected chi connectivity index (χ3v) is 2.36. The molecule has 0 saturated carbocycles. The van der Waals surface area contributed by atoms with Gasteiger partial charge in [-0.15, -0.1) is 0 Å². The highest BCUT2D eigenvalue weighted by molar-refractivity contribution is 6.23. The molecule has 0 atom stereocenters. The van der Waals surface area contributed by atoms with E-state index in [2.05, 4.69) is 15.0 Å². The second-order valence-electron chi connectivity index (χ2n) is 3.67. The zero-order valence-corrected chi connectivity index (χ0v) is 9.34. The molecule has 0 radical (unpaired) electrons. The van der Waals surface area contributed by atoms with Crippen molar-refractivity contribution in [3.05, 3.63) is 18.2 Å². The van der Waals surface area contributed by atoms with E-state index in [4.69, 9.17) is 0 Å². The maximum absolute atomic E-state index is 11.3. The molecule has 2 heterocycles. The number of H-pyrrole nitrogens is 1. The van der Waals surface area contributed by atoms with Gasteiger partial charge in [0.2, 0.25) is 11.8 Å². The summed E-state index contributed by atoms with van der Waals surface area (Å²) in [4.78, 5) is 44.2. The van der Waals surface area contributed by atoms with Crippen molar-refractivity contribution in [3.63, 3.8) is 0 Å². The first-order valence-corrected chi connectivity index (χ1v) is 5.29. The smallest absolute Gasteiger partial charge is 0.328 e. The Kier molecular flexibility index (Phi) is 3.46. The van der Waals surface area contributed by atoms with E-state index in [1.165, 1.54) is 6.21 Å². The SMILES string of the molecule is O=C1NC(=O)C(C=NCCc2cnc[nH]2)C(=O)N1. The van der Waals surface area contributed by atoms with Gasteiger partial charge in [0.1, 0.15) is 0 Å². The van der Waals surface area contributed by atoms with Gasteiger partial charge < -0.3 is 4.98 Å². The van der Waals surface area contributed by atoms with Crippen molar-refractivity contribution in [3.8, 4) is 0 Å². The second kappa shape index (κ2) is 5.21. The molecule has 0 bridgehead atoms. The Bertz CT molecular complexity index is 474. The van der Waals surface area contributed by atoms with Crippen molar-refractivity contribution in [1.82, 2.24) is 20.6 Å². The normalized spacial score (nSPS) is 17.0. The van der Waals surface area contributed by atoms with Crippen LogP contribution in [0.15, 0.2) is 17.5 Å². The van der Waals surface area contributed by atoms with Crippen molar-refractivity contribution in [2.24, 2.45) is 10.9 Å². The van der Waals surface area contributed by atoms with E-state index in [0.717, 1.165) is 5.69 Å². The fraction of sp³-hybridized carbons (Fsp3) is 0.300. The lowest BCUT2D eigenvalue weighted by Gasteiger charge is -2.16. The van der Waals surface area contributed by atoms with Crippen LogP contribution in [0.2, 0.25) is 0 Å². The van der Waals surface area contributed by atoms with Gasteiger partial charge in [0, 0.05) is 31.1 Å². The van der Waals surface area contributed by atoms with Crippen molar-refractivity contribution >= 4 is 24.1 Å². The maximum atomic E-state index is 11.3. The van der Waals surface area contributed by atoms with E-state index >= 15 is 0 Å². The molecule has 18 heavy (non-hydrogen) atoms. The summed E-state index contributed by atoms with van der Waals surface area (Å²) in [5.74, 6) is -2.37. The summed E-state index contributed by atoms with van der Waals surface area (Å²) >= 11 is 0. The summed E-state index contributed by atoms with van der Waals surface area (Å²) in [6.45, 7) is 0.424. The molecule has 4 amide bonds. The van der Waals surface area contributed by atoms with Crippen molar-refractivity contribution in [1.29, 1.82) is 0 Å². The number of nitrogens with zero attached hydrogens (tertiary/aromatic N) is 2. The van der Waals surface area contributed by atoms with Crippen LogP contribution in [0.3, 0.4) is 0 Å². The van der Waals surface area contributed by atoms with Crippen molar-refractivity contribution in [2.45, 2.75) is 6.42 Å². The van der Waals surface area contributed by atoms with Gasteiger partial charge in [-0.05, 0) is 0 Å². The fourth-order valence-corrected chi connectivity index (χ4v) is 1.45. The Hall–Kier alpha value is -2.51. The Morgan fingerprint density at radius 1 is 1.28 bits per heavy atom. The number of imide groups is 2. The van der Waals surface area contributed by atoms with Crippen molar-refractivity contribution < 1.29 is 14.4 Å². The number of hydrogen-bond donors (Lipinski definition) is 3. The number of imidazole rings is 1. The standard InChI is InChI=1S/C10H11N5O3/c16-8-7(9(17)15-10(18)14-8)4-11-2-1-6-3-12-5-13-6/h3-5,7H,1-2H2,(H,12,13)(H2,14,15,16,17,18). The average molecular weight is 249 g/mol. The van der Waals surface area contributed by atoms with Crippen LogP contribution in [0.5, 0.6) is 0 Å². The van der Waals surface area contributed by atoms with E-state index in [9.17, 15) is 14.4 Å². The lowest BCUT2D eigenvalue weighted by atomic mass is 10.1. The van der Waals surface area contributed by atoms with Gasteiger partial charge in [0.15, 0.2) is 5.92 Å². The largest absolute Gasteiger partial charge is 0.348 e. The third-order valence-electron chi connectivity index (χ3n) is 2.36. The van der Waals surface area contributed by atoms with Gasteiger partial charge in [-0.1, -0.05) is 0 Å². The molecule has 94 valence electrons. The first kappa shape index (κ1) is 12.0. The van der Waals surface area contributed by atoms with Crippen molar-refractivity contribution in [2.75, 3.05) is 6.54 Å². The minimum atomic E-state index is -1.05. The lowest BCUT2D eigenvalue weighted by molar-refractivity contribution is -0.132. The average Bonchev–Trinajstić information content (AvgIpc) is 2.79. The van der Waals surface area contributed by atoms with Crippen LogP contribution in [0.1, 0.15) is 5.69 Å². The van der Waals surface area contributed by atoms with E-state index in [-0.39, 0.29) is 0 Å². The number of aromatic nitrogens is 2. The van der Waals surface area contributed by atoms with Gasteiger partial charge in [-0.3, -0.25) is 25.2 Å². The monoisotopic (exact) mass is 249 g/mol. The van der Waals surface area contributed by atoms with Crippen LogP contribution in [0.25, 0.3) is 0 Å². The van der Waals surface area contributed by atoms with E-state index in [0.29, 0.717) is 13.0 Å². The summed E-state index contributed by atoms with van der Waals surface area (Å²) in [7, 11) is 0. The number of amides is 4. The Morgan fingerprint density at radius 3 is 2.61 bits per heavy atom. The quantitative estimate of drug-likeness (QED) is 0.469. The summed E-state index contributed by atoms with van der Waals surface area (Å²) in [6.07, 6.45) is 5.11. The fourth-order valence-electron chi connectivity index (χ4n) is 1.45. The molecule has 1 fully saturated rings. The number of carbonyl (C=O) groups is 3. The first-order chi connectivity index (χ1) is 8.66. The molecule has 0 aliphatic carbocycles. The molecule has 1 saturated heterocycles. The lowest BCUT2D eigenvalue weighted by Crippen LogP contribution is -2.56. The summed E-state index contributed by atoms with van der Waals surface area (Å²) < 4.78 is 0. The van der Waals surface area contributed by atoms with E-state index < -0.39 is 23.8 Å². The highest BCUT2D eigenvalue weighted by Gasteiger charge is 2.32. The maximum Gasteiger partial charge on any atom is 0.328 e. The van der Waals surface area contributed by atoms with E-state index in [1.807, 2.05) is 10.6 Å². The Morgan fingerprint density at radius 2 is 2.00 bits per heavy atom. The third kappa shape index (κ3) is 2.78. The molecule has 2 rings (SSSR count). The van der Waals surface area contributed by atoms with Gasteiger partial charge in [-0.25, -0.2) is 9.78 Å². The van der Waals surface area contributed by atoms with Crippen LogP contribution in [0, 0.1) is 5.92 Å². The molecule has 8 nitrogen and oxygen atoms in total. The highest BCUT2D eigenvalue weighted by Crippen LogP contribution is 1.99. The van der Waals surface area contributed by atoms with Gasteiger partial charge in [-0.2, -0.15) is 0 Å². The van der Waals surface area contributed by atoms with Crippen LogP contribution in [-0.2, 0) is 16.0 Å². The van der Waals surface area contributed by atoms with Crippen LogP contribution in [-0.4, -0.2) is 40.6 Å². The zero-order chi connectivity index (χ0) is 13.0. The molecule has 0 spiro atoms. The minimum absolute atomic E-state index is 0.424. The predicted octanol–water partition coefficient (Wildman–Crippen LogP) is -0.995.